The van der Waals surface area contributed by atoms with Crippen molar-refractivity contribution < 1.29 is 22.7 Å². The van der Waals surface area contributed by atoms with E-state index in [2.05, 4.69) is 15.0 Å². The van der Waals surface area contributed by atoms with Crippen LogP contribution in [0, 0.1) is 42.4 Å². The number of carbonyl (C=O) groups is 2. The topological polar surface area (TPSA) is 117 Å². The molecule has 4 aliphatic carbocycles. The summed E-state index contributed by atoms with van der Waals surface area (Å²) in [6.07, 6.45) is 6.42. The Labute approximate surface area is 257 Å². The van der Waals surface area contributed by atoms with E-state index < -0.39 is 15.4 Å². The predicted molar refractivity (Wildman–Crippen MR) is 166 cm³/mol. The number of aromatic amines is 1. The summed E-state index contributed by atoms with van der Waals surface area (Å²) in [6, 6.07) is 11.5. The predicted octanol–water partition coefficient (Wildman–Crippen LogP) is 5.45. The van der Waals surface area contributed by atoms with Gasteiger partial charge < -0.3 is 15.0 Å². The monoisotopic (exact) mass is 623 g/mol. The van der Waals surface area contributed by atoms with Gasteiger partial charge in [-0.25, -0.2) is 8.42 Å². The molecule has 3 N–H and O–H groups in total. The first-order valence-electron chi connectivity index (χ1n) is 15.4. The molecule has 3 aromatic rings. The van der Waals surface area contributed by atoms with Crippen LogP contribution in [0.4, 0.5) is 0 Å². The molecule has 2 bridgehead atoms. The Morgan fingerprint density at radius 2 is 1.77 bits per heavy atom. The van der Waals surface area contributed by atoms with Gasteiger partial charge in [0.25, 0.3) is 5.91 Å². The fourth-order valence-corrected chi connectivity index (χ4v) is 10.4. The highest BCUT2D eigenvalue weighted by atomic mass is 35.5. The van der Waals surface area contributed by atoms with E-state index in [1.54, 1.807) is 0 Å². The second-order valence-electron chi connectivity index (χ2n) is 13.3. The fraction of sp³-hybridized carbons (Fsp3) is 0.515. The number of H-pyrrole nitrogens is 1. The molecule has 10 heteroatoms. The number of hydrogen-bond acceptors (Lipinski definition) is 5. The highest BCUT2D eigenvalue weighted by molar-refractivity contribution is 7.90. The van der Waals surface area contributed by atoms with Crippen LogP contribution < -0.4 is 14.8 Å². The van der Waals surface area contributed by atoms with Crippen molar-refractivity contribution in [2.45, 2.75) is 58.8 Å². The Bertz CT molecular complexity index is 1710. The maximum atomic E-state index is 13.3. The van der Waals surface area contributed by atoms with Gasteiger partial charge in [-0.2, -0.15) is 0 Å². The van der Waals surface area contributed by atoms with Crippen molar-refractivity contribution in [1.82, 2.24) is 15.0 Å². The van der Waals surface area contributed by atoms with E-state index in [0.717, 1.165) is 63.5 Å². The first-order valence-corrected chi connectivity index (χ1v) is 17.4. The van der Waals surface area contributed by atoms with Gasteiger partial charge in [0.1, 0.15) is 11.4 Å². The molecule has 2 unspecified atom stereocenters. The number of nitrogens with one attached hydrogen (secondary N) is 3. The molecule has 0 saturated heterocycles. The van der Waals surface area contributed by atoms with E-state index in [0.29, 0.717) is 37.0 Å². The van der Waals surface area contributed by atoms with E-state index in [-0.39, 0.29) is 29.5 Å². The van der Waals surface area contributed by atoms with Crippen molar-refractivity contribution in [3.63, 3.8) is 0 Å². The molecule has 4 aliphatic rings. The van der Waals surface area contributed by atoms with Gasteiger partial charge in [0.05, 0.1) is 17.8 Å². The van der Waals surface area contributed by atoms with Crippen molar-refractivity contribution in [2.24, 2.45) is 28.6 Å². The number of benzene rings is 2. The van der Waals surface area contributed by atoms with Gasteiger partial charge >= 0.3 is 0 Å². The summed E-state index contributed by atoms with van der Waals surface area (Å²) in [4.78, 5) is 29.7. The lowest BCUT2D eigenvalue weighted by Crippen LogP contribution is -2.73. The molecular weight excluding hydrogens is 586 g/mol. The van der Waals surface area contributed by atoms with E-state index in [9.17, 15) is 18.0 Å². The van der Waals surface area contributed by atoms with Gasteiger partial charge in [-0.3, -0.25) is 14.3 Å². The number of halogens is 1. The highest BCUT2D eigenvalue weighted by Gasteiger charge is 2.83. The number of sulfonamides is 1. The van der Waals surface area contributed by atoms with Crippen LogP contribution in [0.3, 0.4) is 0 Å². The number of amides is 2. The summed E-state index contributed by atoms with van der Waals surface area (Å²) in [5.74, 6) is 1.62. The number of aromatic nitrogens is 1. The number of fused-ring (bicyclic) bond motifs is 2. The summed E-state index contributed by atoms with van der Waals surface area (Å²) in [7, 11) is -3.88. The molecule has 7 rings (SSSR count). The summed E-state index contributed by atoms with van der Waals surface area (Å²) >= 11 is 6.27. The smallest absolute Gasteiger partial charge is 0.268 e. The number of ether oxygens (including phenoxy) is 1. The second-order valence-corrected chi connectivity index (χ2v) is 15.5. The fourth-order valence-electron chi connectivity index (χ4n) is 9.34. The van der Waals surface area contributed by atoms with Crippen molar-refractivity contribution in [2.75, 3.05) is 18.9 Å². The van der Waals surface area contributed by atoms with Crippen LogP contribution in [-0.4, -0.2) is 44.1 Å². The zero-order valence-electron chi connectivity index (χ0n) is 24.6. The highest BCUT2D eigenvalue weighted by Crippen LogP contribution is 2.86. The molecule has 1 aromatic heterocycles. The van der Waals surface area contributed by atoms with Gasteiger partial charge in [-0.1, -0.05) is 29.8 Å². The molecule has 2 atom stereocenters. The summed E-state index contributed by atoms with van der Waals surface area (Å²) < 4.78 is 34.2. The number of carbonyl (C=O) groups excluding carboxylic acids is 2. The third-order valence-electron chi connectivity index (χ3n) is 11.0. The minimum atomic E-state index is -3.88. The van der Waals surface area contributed by atoms with E-state index in [1.165, 1.54) is 12.8 Å². The molecule has 4 fully saturated rings. The lowest BCUT2D eigenvalue weighted by molar-refractivity contribution is -0.248. The van der Waals surface area contributed by atoms with Crippen LogP contribution in [0.5, 0.6) is 5.75 Å². The first kappa shape index (κ1) is 28.7. The molecule has 43 heavy (non-hydrogen) atoms. The van der Waals surface area contributed by atoms with Crippen LogP contribution in [0.15, 0.2) is 36.4 Å². The Hall–Kier alpha value is -3.04. The first-order chi connectivity index (χ1) is 20.5. The number of hydrogen-bond donors (Lipinski definition) is 3. The zero-order valence-corrected chi connectivity index (χ0v) is 26.2. The lowest BCUT2D eigenvalue weighted by atomic mass is 9.30. The molecule has 8 nitrogen and oxygen atoms in total. The molecular formula is C33H38ClN3O5S. The Morgan fingerprint density at radius 1 is 1.07 bits per heavy atom. The van der Waals surface area contributed by atoms with Gasteiger partial charge in [-0.15, -0.1) is 0 Å². The minimum Gasteiger partial charge on any atom is -0.494 e. The van der Waals surface area contributed by atoms with Crippen LogP contribution in [0.25, 0.3) is 10.9 Å². The molecule has 1 heterocycles. The van der Waals surface area contributed by atoms with Crippen molar-refractivity contribution >= 4 is 44.3 Å². The van der Waals surface area contributed by atoms with Crippen LogP contribution >= 0.6 is 11.6 Å². The summed E-state index contributed by atoms with van der Waals surface area (Å²) in [6.45, 7) is 4.26. The largest absolute Gasteiger partial charge is 0.494 e. The molecule has 2 amide bonds. The SMILES string of the molecule is Cc1cc(OCCCc2c(C(=O)NCCS(=O)(=O)NC(=O)C34CC5CC6CC(C3)C54C6)[nH]c3ccccc23)cc(C)c1Cl. The molecule has 0 radical (unpaired) electrons. The van der Waals surface area contributed by atoms with E-state index in [1.807, 2.05) is 50.2 Å². The molecule has 0 aliphatic heterocycles. The number of para-hydroxylation sites is 1. The van der Waals surface area contributed by atoms with Crippen LogP contribution in [0.2, 0.25) is 5.02 Å². The normalized spacial score (nSPS) is 28.2. The molecule has 4 saturated carbocycles. The van der Waals surface area contributed by atoms with Crippen molar-refractivity contribution in [1.29, 1.82) is 0 Å². The van der Waals surface area contributed by atoms with E-state index in [4.69, 9.17) is 16.3 Å². The summed E-state index contributed by atoms with van der Waals surface area (Å²) in [5, 5.41) is 4.44. The van der Waals surface area contributed by atoms with Crippen LogP contribution in [-0.2, 0) is 21.2 Å². The summed E-state index contributed by atoms with van der Waals surface area (Å²) in [5.41, 5.74) is 3.61. The zero-order chi connectivity index (χ0) is 30.1. The quantitative estimate of drug-likeness (QED) is 0.246. The van der Waals surface area contributed by atoms with Gasteiger partial charge in [-0.05, 0) is 117 Å². The van der Waals surface area contributed by atoms with Gasteiger partial charge in [0, 0.05) is 22.5 Å². The van der Waals surface area contributed by atoms with E-state index >= 15 is 0 Å². The lowest BCUT2D eigenvalue weighted by Gasteiger charge is -2.73. The third-order valence-corrected chi connectivity index (χ3v) is 12.9. The maximum Gasteiger partial charge on any atom is 0.268 e. The number of rotatable bonds is 11. The minimum absolute atomic E-state index is 0.0647. The Morgan fingerprint density at radius 3 is 2.47 bits per heavy atom. The average molecular weight is 624 g/mol. The second kappa shape index (κ2) is 10.3. The Kier molecular flexibility index (Phi) is 6.85. The van der Waals surface area contributed by atoms with Crippen molar-refractivity contribution in [3.05, 3.63) is 63.8 Å². The van der Waals surface area contributed by atoms with Gasteiger partial charge in [0.2, 0.25) is 15.9 Å². The molecule has 2 aromatic carbocycles. The molecule has 1 spiro atoms. The Balaban J connectivity index is 0.956. The average Bonchev–Trinajstić information content (AvgIpc) is 3.60. The van der Waals surface area contributed by atoms with Crippen LogP contribution in [0.1, 0.15) is 65.7 Å². The van der Waals surface area contributed by atoms with Crippen molar-refractivity contribution in [3.8, 4) is 5.75 Å². The van der Waals surface area contributed by atoms with Gasteiger partial charge in [0.15, 0.2) is 0 Å². The maximum absolute atomic E-state index is 13.3. The third kappa shape index (κ3) is 4.48. The molecule has 228 valence electrons. The number of aryl methyl sites for hydroxylation is 3. The standard InChI is InChI=1S/C33H38ClN3O5S/c1-19-12-24(13-20(2)28(19)34)42-10-5-7-26-25-6-3-4-8-27(25)36-29(26)30(38)35-9-11-43(40,41)37-31(39)32-17-22-14-21-15-23(18-32)33(22,32)16-21/h3-4,6,8,12-13,21-23,36H,5,7,9-11,14-18H2,1-2H3,(H,35,38)(H,37,39).